The van der Waals surface area contributed by atoms with E-state index in [-0.39, 0.29) is 16.2 Å². The van der Waals surface area contributed by atoms with Crippen LogP contribution in [-0.2, 0) is 16.2 Å². The van der Waals surface area contributed by atoms with Crippen LogP contribution in [0.4, 0.5) is 0 Å². The van der Waals surface area contributed by atoms with Crippen molar-refractivity contribution in [2.45, 2.75) is 71.6 Å². The van der Waals surface area contributed by atoms with E-state index in [1.54, 1.807) is 0 Å². The predicted molar refractivity (Wildman–Crippen MR) is 134 cm³/mol. The number of benzene rings is 3. The lowest BCUT2D eigenvalue weighted by atomic mass is 9.79. The van der Waals surface area contributed by atoms with E-state index in [1.165, 1.54) is 33.0 Å². The minimum absolute atomic E-state index is 0.0224. The molecule has 1 heterocycles. The molecule has 3 aromatic carbocycles. The molecule has 1 aliphatic carbocycles. The zero-order valence-electron chi connectivity index (χ0n) is 19.8. The fourth-order valence-corrected chi connectivity index (χ4v) is 5.41. The van der Waals surface area contributed by atoms with Crippen molar-refractivity contribution in [1.82, 2.24) is 0 Å². The van der Waals surface area contributed by atoms with Gasteiger partial charge in [-0.2, -0.15) is 0 Å². The van der Waals surface area contributed by atoms with Crippen LogP contribution < -0.4 is 0 Å². The van der Waals surface area contributed by atoms with Crippen molar-refractivity contribution >= 4 is 33.5 Å². The third-order valence-electron chi connectivity index (χ3n) is 7.03. The zero-order valence-corrected chi connectivity index (χ0v) is 20.6. The third-order valence-corrected chi connectivity index (χ3v) is 7.34. The lowest BCUT2D eigenvalue weighted by molar-refractivity contribution is 0.559. The summed E-state index contributed by atoms with van der Waals surface area (Å²) in [6.45, 7) is 18.2. The fourth-order valence-electron chi connectivity index (χ4n) is 5.14. The van der Waals surface area contributed by atoms with E-state index in [0.717, 1.165) is 27.3 Å². The first-order chi connectivity index (χ1) is 14.3. The summed E-state index contributed by atoms with van der Waals surface area (Å²) in [4.78, 5) is 0. The van der Waals surface area contributed by atoms with Crippen LogP contribution in [0.5, 0.6) is 0 Å². The molecule has 0 fully saturated rings. The third kappa shape index (κ3) is 2.82. The first-order valence-corrected chi connectivity index (χ1v) is 11.5. The Hall–Kier alpha value is -2.25. The first kappa shape index (κ1) is 20.6. The van der Waals surface area contributed by atoms with Crippen LogP contribution in [0, 0.1) is 0 Å². The van der Waals surface area contributed by atoms with Crippen LogP contribution in [0.25, 0.3) is 33.1 Å². The Kier molecular flexibility index (Phi) is 4.11. The maximum absolute atomic E-state index is 6.77. The molecule has 0 unspecified atom stereocenters. The average molecular weight is 431 g/mol. The molecule has 1 nitrogen and oxygen atoms in total. The fraction of sp³-hybridized carbons (Fsp3) is 0.379. The lowest BCUT2D eigenvalue weighted by Gasteiger charge is -2.25. The van der Waals surface area contributed by atoms with E-state index < -0.39 is 0 Å². The SMILES string of the molecule is CC(C)(C)c1cc(C(C)(C)C)c2oc3c4c(ccc3c2c1)C(C)(C)c1cccc(Cl)c1-4. The highest BCUT2D eigenvalue weighted by Gasteiger charge is 2.39. The largest absolute Gasteiger partial charge is 0.455 e. The van der Waals surface area contributed by atoms with Gasteiger partial charge in [-0.1, -0.05) is 97.3 Å². The van der Waals surface area contributed by atoms with Gasteiger partial charge in [0, 0.05) is 37.9 Å². The van der Waals surface area contributed by atoms with E-state index in [0.29, 0.717) is 0 Å². The lowest BCUT2D eigenvalue weighted by Crippen LogP contribution is -2.16. The van der Waals surface area contributed by atoms with Gasteiger partial charge in [0.25, 0.3) is 0 Å². The van der Waals surface area contributed by atoms with Crippen molar-refractivity contribution in [2.75, 3.05) is 0 Å². The summed E-state index contributed by atoms with van der Waals surface area (Å²) in [6, 6.07) is 15.5. The van der Waals surface area contributed by atoms with Crippen LogP contribution in [0.15, 0.2) is 46.9 Å². The minimum atomic E-state index is -0.105. The van der Waals surface area contributed by atoms with Gasteiger partial charge in [-0.25, -0.2) is 0 Å². The van der Waals surface area contributed by atoms with Crippen LogP contribution in [0.3, 0.4) is 0 Å². The van der Waals surface area contributed by atoms with Crippen molar-refractivity contribution in [1.29, 1.82) is 0 Å². The summed E-state index contributed by atoms with van der Waals surface area (Å²) in [5.74, 6) is 0. The van der Waals surface area contributed by atoms with Crippen LogP contribution >= 0.6 is 11.6 Å². The molecule has 0 radical (unpaired) electrons. The van der Waals surface area contributed by atoms with Gasteiger partial charge >= 0.3 is 0 Å². The molecular weight excluding hydrogens is 400 g/mol. The summed E-state index contributed by atoms with van der Waals surface area (Å²) in [7, 11) is 0. The molecular formula is C29H31ClO. The van der Waals surface area contributed by atoms with E-state index in [1.807, 2.05) is 6.07 Å². The van der Waals surface area contributed by atoms with Gasteiger partial charge in [-0.05, 0) is 39.7 Å². The molecule has 0 saturated heterocycles. The van der Waals surface area contributed by atoms with Gasteiger partial charge in [-0.3, -0.25) is 0 Å². The molecule has 5 rings (SSSR count). The van der Waals surface area contributed by atoms with E-state index in [4.69, 9.17) is 16.0 Å². The van der Waals surface area contributed by atoms with E-state index in [2.05, 4.69) is 91.8 Å². The maximum Gasteiger partial charge on any atom is 0.143 e. The van der Waals surface area contributed by atoms with Gasteiger partial charge in [0.05, 0.1) is 0 Å². The highest BCUT2D eigenvalue weighted by atomic mass is 35.5. The molecule has 2 heteroatoms. The van der Waals surface area contributed by atoms with Gasteiger partial charge in [-0.15, -0.1) is 0 Å². The van der Waals surface area contributed by atoms with Gasteiger partial charge < -0.3 is 4.42 Å². The maximum atomic E-state index is 6.77. The Morgan fingerprint density at radius 3 is 2.06 bits per heavy atom. The van der Waals surface area contributed by atoms with Gasteiger partial charge in [0.1, 0.15) is 11.2 Å². The molecule has 4 aromatic rings. The normalized spacial score (nSPS) is 15.5. The Labute approximate surface area is 190 Å². The standard InChI is InChI=1S/C29H31ClO/c1-27(2,3)16-14-18-17-12-13-20-24(23-19(29(20,7)8)10-9-11-22(23)30)26(17)31-25(18)21(15-16)28(4,5)6/h9-15H,1-8H3. The topological polar surface area (TPSA) is 13.1 Å². The molecule has 0 N–H and O–H groups in total. The predicted octanol–water partition coefficient (Wildman–Crippen LogP) is 9.14. The van der Waals surface area contributed by atoms with Crippen molar-refractivity contribution in [3.05, 3.63) is 69.7 Å². The zero-order chi connectivity index (χ0) is 22.5. The highest BCUT2D eigenvalue weighted by Crippen LogP contribution is 2.55. The molecule has 31 heavy (non-hydrogen) atoms. The minimum Gasteiger partial charge on any atom is -0.455 e. The molecule has 0 saturated carbocycles. The Bertz CT molecular complexity index is 1370. The molecule has 0 bridgehead atoms. The second-order valence-corrected chi connectivity index (χ2v) is 12.1. The summed E-state index contributed by atoms with van der Waals surface area (Å²) in [6.07, 6.45) is 0. The van der Waals surface area contributed by atoms with E-state index >= 15 is 0 Å². The summed E-state index contributed by atoms with van der Waals surface area (Å²) in [5, 5.41) is 3.17. The van der Waals surface area contributed by atoms with Crippen molar-refractivity contribution in [3.63, 3.8) is 0 Å². The quantitative estimate of drug-likeness (QED) is 0.271. The number of hydrogen-bond donors (Lipinski definition) is 0. The van der Waals surface area contributed by atoms with E-state index in [9.17, 15) is 0 Å². The monoisotopic (exact) mass is 430 g/mol. The molecule has 0 atom stereocenters. The molecule has 0 aliphatic heterocycles. The number of halogens is 1. The van der Waals surface area contributed by atoms with Crippen molar-refractivity contribution < 1.29 is 4.42 Å². The van der Waals surface area contributed by atoms with Crippen LogP contribution in [0.1, 0.15) is 77.6 Å². The van der Waals surface area contributed by atoms with Gasteiger partial charge in [0.2, 0.25) is 0 Å². The Balaban J connectivity index is 1.97. The number of furan rings is 1. The molecule has 160 valence electrons. The highest BCUT2D eigenvalue weighted by molar-refractivity contribution is 6.34. The summed E-state index contributed by atoms with van der Waals surface area (Å²) >= 11 is 6.77. The number of rotatable bonds is 0. The Morgan fingerprint density at radius 1 is 0.742 bits per heavy atom. The molecule has 1 aliphatic rings. The first-order valence-electron chi connectivity index (χ1n) is 11.2. The smallest absolute Gasteiger partial charge is 0.143 e. The molecule has 0 spiro atoms. The van der Waals surface area contributed by atoms with Crippen LogP contribution in [0.2, 0.25) is 5.02 Å². The molecule has 0 amide bonds. The average Bonchev–Trinajstić information content (AvgIpc) is 3.13. The number of fused-ring (bicyclic) bond motifs is 7. The molecule has 1 aromatic heterocycles. The van der Waals surface area contributed by atoms with Crippen molar-refractivity contribution in [2.24, 2.45) is 0 Å². The summed E-state index contributed by atoms with van der Waals surface area (Å²) < 4.78 is 6.77. The number of hydrogen-bond acceptors (Lipinski definition) is 1. The second kappa shape index (κ2) is 6.17. The Morgan fingerprint density at radius 2 is 1.42 bits per heavy atom. The van der Waals surface area contributed by atoms with Gasteiger partial charge in [0.15, 0.2) is 0 Å². The van der Waals surface area contributed by atoms with Crippen LogP contribution in [-0.4, -0.2) is 0 Å². The second-order valence-electron chi connectivity index (χ2n) is 11.7. The van der Waals surface area contributed by atoms with Crippen molar-refractivity contribution in [3.8, 4) is 11.1 Å². The summed E-state index contributed by atoms with van der Waals surface area (Å²) in [5.41, 5.74) is 9.35.